The first kappa shape index (κ1) is 25.1. The molecule has 0 spiro atoms. The van der Waals surface area contributed by atoms with Crippen LogP contribution >= 0.6 is 0 Å². The molecule has 1 rings (SSSR count). The van der Waals surface area contributed by atoms with Gasteiger partial charge in [-0.15, -0.1) is 0 Å². The number of hydrogen-bond acceptors (Lipinski definition) is 6. The first-order chi connectivity index (χ1) is 13.0. The summed E-state index contributed by atoms with van der Waals surface area (Å²) in [7, 11) is 0. The predicted octanol–water partition coefficient (Wildman–Crippen LogP) is 3.93. The van der Waals surface area contributed by atoms with Gasteiger partial charge in [0.1, 0.15) is 0 Å². The lowest BCUT2D eigenvalue weighted by Gasteiger charge is -2.34. The van der Waals surface area contributed by atoms with Crippen molar-refractivity contribution in [1.29, 1.82) is 5.41 Å². The molecule has 1 heterocycles. The van der Waals surface area contributed by atoms with Crippen LogP contribution in [0.2, 0.25) is 0 Å². The Labute approximate surface area is 172 Å². The summed E-state index contributed by atoms with van der Waals surface area (Å²) in [6.07, 6.45) is 6.01. The van der Waals surface area contributed by atoms with Crippen molar-refractivity contribution in [2.45, 2.75) is 104 Å². The van der Waals surface area contributed by atoms with E-state index in [-0.39, 0.29) is 5.54 Å². The second kappa shape index (κ2) is 10.7. The van der Waals surface area contributed by atoms with Crippen molar-refractivity contribution < 1.29 is 5.21 Å². The summed E-state index contributed by atoms with van der Waals surface area (Å²) in [5.74, 6) is 0.611. The third-order valence-corrected chi connectivity index (χ3v) is 6.84. The molecule has 1 saturated heterocycles. The third-order valence-electron chi connectivity index (χ3n) is 6.84. The summed E-state index contributed by atoms with van der Waals surface area (Å²) in [5, 5.41) is 32.5. The number of oxime groups is 1. The van der Waals surface area contributed by atoms with Crippen LogP contribution in [-0.4, -0.2) is 52.9 Å². The Balaban J connectivity index is 2.81. The lowest BCUT2D eigenvalue weighted by Crippen LogP contribution is -2.53. The van der Waals surface area contributed by atoms with Gasteiger partial charge in [0.25, 0.3) is 0 Å². The minimum Gasteiger partial charge on any atom is -0.411 e. The molecular formula is C22H45N5O. The lowest BCUT2D eigenvalue weighted by atomic mass is 9.86. The van der Waals surface area contributed by atoms with Crippen molar-refractivity contribution in [3.05, 3.63) is 0 Å². The summed E-state index contributed by atoms with van der Waals surface area (Å²) < 4.78 is 0. The first-order valence-electron chi connectivity index (χ1n) is 11.0. The number of hydrogen-bond donors (Lipinski definition) is 5. The molecule has 0 saturated carbocycles. The van der Waals surface area contributed by atoms with Crippen molar-refractivity contribution in [3.63, 3.8) is 0 Å². The Morgan fingerprint density at radius 1 is 1.11 bits per heavy atom. The highest BCUT2D eigenvalue weighted by Gasteiger charge is 2.32. The van der Waals surface area contributed by atoms with Crippen LogP contribution < -0.4 is 16.0 Å². The van der Waals surface area contributed by atoms with Crippen molar-refractivity contribution in [2.75, 3.05) is 19.6 Å². The Morgan fingerprint density at radius 3 is 2.14 bits per heavy atom. The van der Waals surface area contributed by atoms with Gasteiger partial charge in [0, 0.05) is 17.7 Å². The van der Waals surface area contributed by atoms with E-state index in [4.69, 9.17) is 5.41 Å². The summed E-state index contributed by atoms with van der Waals surface area (Å²) in [6.45, 7) is 17.8. The van der Waals surface area contributed by atoms with Crippen LogP contribution in [0.3, 0.4) is 0 Å². The quantitative estimate of drug-likeness (QED) is 0.348. The molecule has 0 amide bonds. The van der Waals surface area contributed by atoms with Crippen molar-refractivity contribution >= 4 is 11.4 Å². The van der Waals surface area contributed by atoms with Gasteiger partial charge in [0.05, 0.1) is 16.8 Å². The average Bonchev–Trinajstić information content (AvgIpc) is 2.64. The van der Waals surface area contributed by atoms with Crippen molar-refractivity contribution in [3.8, 4) is 0 Å². The van der Waals surface area contributed by atoms with Crippen LogP contribution in [0, 0.1) is 11.3 Å². The molecule has 1 fully saturated rings. The molecule has 6 heteroatoms. The molecule has 0 radical (unpaired) electrons. The topological polar surface area (TPSA) is 92.5 Å². The van der Waals surface area contributed by atoms with Gasteiger partial charge in [-0.05, 0) is 92.3 Å². The monoisotopic (exact) mass is 395 g/mol. The van der Waals surface area contributed by atoms with Crippen LogP contribution in [0.5, 0.6) is 0 Å². The predicted molar refractivity (Wildman–Crippen MR) is 120 cm³/mol. The van der Waals surface area contributed by atoms with Crippen LogP contribution in [0.4, 0.5) is 0 Å². The van der Waals surface area contributed by atoms with E-state index < -0.39 is 11.1 Å². The molecule has 1 atom stereocenters. The highest BCUT2D eigenvalue weighted by Crippen LogP contribution is 2.20. The Kier molecular flexibility index (Phi) is 9.57. The highest BCUT2D eigenvalue weighted by atomic mass is 16.4. The Bertz CT molecular complexity index is 523. The van der Waals surface area contributed by atoms with Gasteiger partial charge in [0.15, 0.2) is 0 Å². The van der Waals surface area contributed by atoms with E-state index in [0.717, 1.165) is 51.7 Å². The van der Waals surface area contributed by atoms with E-state index in [1.54, 1.807) is 0 Å². The molecule has 164 valence electrons. The maximum Gasteiger partial charge on any atom is 0.0821 e. The van der Waals surface area contributed by atoms with E-state index in [2.05, 4.69) is 41.9 Å². The minimum atomic E-state index is -0.428. The molecule has 0 aromatic heterocycles. The normalized spacial score (nSPS) is 25.9. The molecule has 1 aliphatic heterocycles. The lowest BCUT2D eigenvalue weighted by molar-refractivity contribution is 0.295. The van der Waals surface area contributed by atoms with Crippen molar-refractivity contribution in [1.82, 2.24) is 16.0 Å². The summed E-state index contributed by atoms with van der Waals surface area (Å²) in [5.41, 5.74) is 0.565. The SMILES string of the molecule is CCC(C)(CC)NCCC1CCNC(C)(C)C(=N)C/C(=N/O)C(C)(C)NCC1. The largest absolute Gasteiger partial charge is 0.411 e. The zero-order valence-electron chi connectivity index (χ0n) is 19.3. The van der Waals surface area contributed by atoms with E-state index >= 15 is 0 Å². The second-order valence-electron chi connectivity index (χ2n) is 9.73. The second-order valence-corrected chi connectivity index (χ2v) is 9.73. The van der Waals surface area contributed by atoms with Crippen LogP contribution in [-0.2, 0) is 0 Å². The Hall–Kier alpha value is -0.980. The first-order valence-corrected chi connectivity index (χ1v) is 11.0. The van der Waals surface area contributed by atoms with Gasteiger partial charge in [-0.2, -0.15) is 0 Å². The summed E-state index contributed by atoms with van der Waals surface area (Å²) in [6, 6.07) is 0. The summed E-state index contributed by atoms with van der Waals surface area (Å²) >= 11 is 0. The maximum absolute atomic E-state index is 9.53. The molecule has 6 nitrogen and oxygen atoms in total. The fraction of sp³-hybridized carbons (Fsp3) is 0.909. The van der Waals surface area contributed by atoms with Crippen molar-refractivity contribution in [2.24, 2.45) is 11.1 Å². The van der Waals surface area contributed by atoms with Gasteiger partial charge in [-0.25, -0.2) is 0 Å². The maximum atomic E-state index is 9.53. The smallest absolute Gasteiger partial charge is 0.0821 e. The standard InChI is InChI=1S/C22H45N5O/c1-8-22(7,9-2)26-15-12-17-10-13-24-20(3,4)18(23)16-19(27-28)21(5,6)25-14-11-17/h17,23-26,28H,8-16H2,1-7H3/b23-18?,27-19-. The Morgan fingerprint density at radius 2 is 1.64 bits per heavy atom. The molecular weight excluding hydrogens is 350 g/mol. The van der Waals surface area contributed by atoms with Gasteiger partial charge in [-0.3, -0.25) is 0 Å². The number of rotatable bonds is 6. The number of nitrogens with zero attached hydrogens (tertiary/aromatic N) is 1. The van der Waals surface area contributed by atoms with Gasteiger partial charge in [0.2, 0.25) is 0 Å². The molecule has 0 bridgehead atoms. The zero-order chi connectivity index (χ0) is 21.4. The zero-order valence-corrected chi connectivity index (χ0v) is 19.3. The van der Waals surface area contributed by atoms with Crippen LogP contribution in [0.25, 0.3) is 0 Å². The molecule has 1 aliphatic rings. The third kappa shape index (κ3) is 7.45. The molecule has 1 unspecified atom stereocenters. The molecule has 0 aromatic rings. The van der Waals surface area contributed by atoms with E-state index in [0.29, 0.717) is 23.8 Å². The average molecular weight is 396 g/mol. The van der Waals surface area contributed by atoms with Gasteiger partial charge < -0.3 is 26.6 Å². The molecule has 28 heavy (non-hydrogen) atoms. The van der Waals surface area contributed by atoms with Crippen LogP contribution in [0.1, 0.15) is 87.0 Å². The highest BCUT2D eigenvalue weighted by molar-refractivity contribution is 6.10. The van der Waals surface area contributed by atoms with E-state index in [1.807, 2.05) is 27.7 Å². The van der Waals surface area contributed by atoms with Crippen LogP contribution in [0.15, 0.2) is 5.16 Å². The number of nitrogens with one attached hydrogen (secondary N) is 4. The fourth-order valence-electron chi connectivity index (χ4n) is 3.67. The van der Waals surface area contributed by atoms with Gasteiger partial charge >= 0.3 is 0 Å². The molecule has 5 N–H and O–H groups in total. The minimum absolute atomic E-state index is 0.230. The fourth-order valence-corrected chi connectivity index (χ4v) is 3.67. The summed E-state index contributed by atoms with van der Waals surface area (Å²) in [4.78, 5) is 0. The van der Waals surface area contributed by atoms with E-state index in [1.165, 1.54) is 0 Å². The van der Waals surface area contributed by atoms with Gasteiger partial charge in [-0.1, -0.05) is 19.0 Å². The molecule has 0 aromatic carbocycles. The van der Waals surface area contributed by atoms with E-state index in [9.17, 15) is 5.21 Å². The molecule has 0 aliphatic carbocycles.